The molecule has 31 heavy (non-hydrogen) atoms. The molecular weight excluding hydrogens is 417 g/mol. The van der Waals surface area contributed by atoms with Crippen LogP contribution >= 0.6 is 10.6 Å². The number of fused-ring (bicyclic) bond motifs is 1. The van der Waals surface area contributed by atoms with Crippen molar-refractivity contribution in [3.05, 3.63) is 40.8 Å². The van der Waals surface area contributed by atoms with E-state index in [0.29, 0.717) is 30.5 Å². The summed E-state index contributed by atoms with van der Waals surface area (Å²) in [5.41, 5.74) is 3.77. The summed E-state index contributed by atoms with van der Waals surface area (Å²) in [6.45, 7) is 7.99. The average Bonchev–Trinajstić information content (AvgIpc) is 3.05. The summed E-state index contributed by atoms with van der Waals surface area (Å²) < 4.78 is 36.1. The van der Waals surface area contributed by atoms with Gasteiger partial charge in [-0.3, -0.25) is 18.6 Å². The molecule has 2 aromatic rings. The topological polar surface area (TPSA) is 87.4 Å². The second kappa shape index (κ2) is 7.90. The molecule has 1 aromatic heterocycles. The van der Waals surface area contributed by atoms with E-state index in [1.54, 1.807) is 6.07 Å². The molecule has 2 heterocycles. The number of hydrogen-bond acceptors (Lipinski definition) is 4. The fourth-order valence-corrected chi connectivity index (χ4v) is 7.03. The Labute approximate surface area is 184 Å². The van der Waals surface area contributed by atoms with Crippen molar-refractivity contribution in [1.82, 2.24) is 15.1 Å². The molecule has 3 N–H and O–H groups in total. The fourth-order valence-electron chi connectivity index (χ4n) is 4.93. The molecule has 0 radical (unpaired) electrons. The zero-order valence-corrected chi connectivity index (χ0v) is 19.4. The highest BCUT2D eigenvalue weighted by atomic mass is 32.3. The highest BCUT2D eigenvalue weighted by Crippen LogP contribution is 2.54. The number of aromatic nitrogens is 2. The van der Waals surface area contributed by atoms with Gasteiger partial charge in [-0.1, -0.05) is 13.0 Å². The second-order valence-electron chi connectivity index (χ2n) is 9.56. The number of rotatable bonds is 5. The van der Waals surface area contributed by atoms with Crippen molar-refractivity contribution in [3.8, 4) is 11.3 Å². The molecule has 1 aliphatic carbocycles. The van der Waals surface area contributed by atoms with Gasteiger partial charge in [0.15, 0.2) is 0 Å². The van der Waals surface area contributed by atoms with Crippen molar-refractivity contribution in [2.75, 3.05) is 11.5 Å². The SMILES string of the molecule is CCc1ccc(F)c(-c2nn(C(C)C)c3c2CCC(C(=O)NC2(C)CS(O)(O)C2)C3)c1. The number of carbonyl (C=O) groups excluding carboxylic acids is 1. The van der Waals surface area contributed by atoms with Crippen LogP contribution < -0.4 is 5.32 Å². The summed E-state index contributed by atoms with van der Waals surface area (Å²) in [6.07, 6.45) is 2.70. The lowest BCUT2D eigenvalue weighted by Gasteiger charge is -2.54. The van der Waals surface area contributed by atoms with Crippen molar-refractivity contribution in [3.63, 3.8) is 0 Å². The summed E-state index contributed by atoms with van der Waals surface area (Å²) in [4.78, 5) is 13.0. The monoisotopic (exact) mass is 449 g/mol. The van der Waals surface area contributed by atoms with E-state index >= 15 is 0 Å². The molecule has 0 spiro atoms. The van der Waals surface area contributed by atoms with Gasteiger partial charge in [0.05, 0.1) is 22.7 Å². The standard InChI is InChI=1S/C23H32FN3O3S/c1-5-15-6-9-19(24)18(10-15)21-17-8-7-16(11-20(17)27(26-21)14(2)3)22(28)25-23(4)12-31(29,30)13-23/h6,9-10,14,16,29-30H,5,7-8,11-13H2,1-4H3,(H,25,28). The van der Waals surface area contributed by atoms with Crippen molar-refractivity contribution in [2.45, 2.75) is 65.0 Å². The van der Waals surface area contributed by atoms with Crippen molar-refractivity contribution in [1.29, 1.82) is 0 Å². The van der Waals surface area contributed by atoms with Crippen molar-refractivity contribution < 1.29 is 18.3 Å². The lowest BCUT2D eigenvalue weighted by molar-refractivity contribution is -0.126. The number of nitrogens with one attached hydrogen (secondary N) is 1. The van der Waals surface area contributed by atoms with Crippen LogP contribution in [-0.2, 0) is 24.1 Å². The van der Waals surface area contributed by atoms with Crippen LogP contribution in [0.4, 0.5) is 4.39 Å². The molecule has 170 valence electrons. The molecule has 1 atom stereocenters. The first-order chi connectivity index (χ1) is 14.5. The van der Waals surface area contributed by atoms with Crippen LogP contribution in [0, 0.1) is 11.7 Å². The van der Waals surface area contributed by atoms with E-state index in [4.69, 9.17) is 5.10 Å². The lowest BCUT2D eigenvalue weighted by Crippen LogP contribution is -2.62. The maximum absolute atomic E-state index is 14.7. The minimum Gasteiger partial charge on any atom is -0.348 e. The molecule has 2 aliphatic rings. The van der Waals surface area contributed by atoms with Crippen molar-refractivity contribution in [2.24, 2.45) is 5.92 Å². The van der Waals surface area contributed by atoms with Gasteiger partial charge in [0, 0.05) is 35.2 Å². The molecular formula is C23H32FN3O3S. The van der Waals surface area contributed by atoms with E-state index in [2.05, 4.69) is 5.32 Å². The van der Waals surface area contributed by atoms with Gasteiger partial charge in [-0.05, 0) is 57.7 Å². The highest BCUT2D eigenvalue weighted by molar-refractivity contribution is 8.25. The van der Waals surface area contributed by atoms with E-state index in [0.717, 1.165) is 23.2 Å². The third-order valence-corrected chi connectivity index (χ3v) is 8.58. The van der Waals surface area contributed by atoms with Gasteiger partial charge in [0.1, 0.15) is 5.82 Å². The average molecular weight is 450 g/mol. The molecule has 1 unspecified atom stereocenters. The Morgan fingerprint density at radius 1 is 1.39 bits per heavy atom. The summed E-state index contributed by atoms with van der Waals surface area (Å²) in [5.74, 6) is -0.110. The van der Waals surface area contributed by atoms with Gasteiger partial charge >= 0.3 is 0 Å². The summed E-state index contributed by atoms with van der Waals surface area (Å²) in [5, 5.41) is 7.83. The lowest BCUT2D eigenvalue weighted by atomic mass is 9.84. The molecule has 6 nitrogen and oxygen atoms in total. The molecule has 0 bridgehead atoms. The molecule has 1 saturated heterocycles. The minimum atomic E-state index is -2.53. The Hall–Kier alpha value is -1.90. The largest absolute Gasteiger partial charge is 0.348 e. The second-order valence-corrected chi connectivity index (χ2v) is 11.7. The van der Waals surface area contributed by atoms with Crippen LogP contribution in [0.3, 0.4) is 0 Å². The van der Waals surface area contributed by atoms with Gasteiger partial charge in [-0.15, -0.1) is 0 Å². The summed E-state index contributed by atoms with van der Waals surface area (Å²) in [6, 6.07) is 5.30. The van der Waals surface area contributed by atoms with Gasteiger partial charge in [0.2, 0.25) is 5.91 Å². The van der Waals surface area contributed by atoms with Gasteiger partial charge in [-0.25, -0.2) is 4.39 Å². The van der Waals surface area contributed by atoms with E-state index in [-0.39, 0.29) is 35.2 Å². The Morgan fingerprint density at radius 2 is 2.10 bits per heavy atom. The van der Waals surface area contributed by atoms with E-state index in [9.17, 15) is 18.3 Å². The molecule has 8 heteroatoms. The smallest absolute Gasteiger partial charge is 0.224 e. The predicted molar refractivity (Wildman–Crippen MR) is 122 cm³/mol. The quantitative estimate of drug-likeness (QED) is 0.624. The predicted octanol–water partition coefficient (Wildman–Crippen LogP) is 4.58. The first-order valence-corrected chi connectivity index (χ1v) is 12.8. The molecule has 4 rings (SSSR count). The van der Waals surface area contributed by atoms with Crippen LogP contribution in [0.25, 0.3) is 11.3 Å². The maximum Gasteiger partial charge on any atom is 0.224 e. The molecule has 1 amide bonds. The number of benzene rings is 1. The van der Waals surface area contributed by atoms with Gasteiger partial charge in [0.25, 0.3) is 0 Å². The highest BCUT2D eigenvalue weighted by Gasteiger charge is 2.46. The molecule has 1 aliphatic heterocycles. The fraction of sp³-hybridized carbons (Fsp3) is 0.565. The number of hydrogen-bond donors (Lipinski definition) is 3. The van der Waals surface area contributed by atoms with Gasteiger partial charge in [-0.2, -0.15) is 15.7 Å². The number of aryl methyl sites for hydroxylation is 1. The normalized spacial score (nSPS) is 22.5. The Kier molecular flexibility index (Phi) is 5.69. The van der Waals surface area contributed by atoms with E-state index in [1.165, 1.54) is 6.07 Å². The number of carbonyl (C=O) groups is 1. The Morgan fingerprint density at radius 3 is 2.71 bits per heavy atom. The number of halogens is 1. The Bertz CT molecular complexity index is 1010. The third kappa shape index (κ3) is 4.25. The van der Waals surface area contributed by atoms with Crippen molar-refractivity contribution >= 4 is 16.5 Å². The zero-order valence-electron chi connectivity index (χ0n) is 18.6. The number of nitrogens with zero attached hydrogens (tertiary/aromatic N) is 2. The summed E-state index contributed by atoms with van der Waals surface area (Å²) >= 11 is 0. The van der Waals surface area contributed by atoms with E-state index < -0.39 is 16.1 Å². The first-order valence-electron chi connectivity index (χ1n) is 11.0. The summed E-state index contributed by atoms with van der Waals surface area (Å²) in [7, 11) is -2.53. The zero-order chi connectivity index (χ0) is 22.6. The maximum atomic E-state index is 14.7. The first kappa shape index (κ1) is 22.3. The van der Waals surface area contributed by atoms with Crippen LogP contribution in [0.15, 0.2) is 18.2 Å². The Balaban J connectivity index is 1.62. The van der Waals surface area contributed by atoms with E-state index in [1.807, 2.05) is 38.4 Å². The molecule has 0 saturated carbocycles. The number of amides is 1. The van der Waals surface area contributed by atoms with Crippen LogP contribution in [0.2, 0.25) is 0 Å². The molecule has 1 fully saturated rings. The van der Waals surface area contributed by atoms with Crippen LogP contribution in [0.5, 0.6) is 0 Å². The van der Waals surface area contributed by atoms with Crippen LogP contribution in [-0.4, -0.2) is 41.8 Å². The van der Waals surface area contributed by atoms with Gasteiger partial charge < -0.3 is 5.32 Å². The van der Waals surface area contributed by atoms with Crippen LogP contribution in [0.1, 0.15) is 57.0 Å². The third-order valence-electron chi connectivity index (χ3n) is 6.38. The molecule has 1 aromatic carbocycles. The minimum absolute atomic E-state index is 0.0553.